The number of hydrogen-bond donors (Lipinski definition) is 2. The first-order valence-electron chi connectivity index (χ1n) is 11.0. The van der Waals surface area contributed by atoms with Crippen molar-refractivity contribution < 1.29 is 9.72 Å². The fourth-order valence-corrected chi connectivity index (χ4v) is 4.14. The van der Waals surface area contributed by atoms with E-state index in [4.69, 9.17) is 4.98 Å². The summed E-state index contributed by atoms with van der Waals surface area (Å²) in [6.45, 7) is 0.521. The molecule has 1 aliphatic rings. The number of nitrogens with one attached hydrogen (secondary N) is 2. The highest BCUT2D eigenvalue weighted by Crippen LogP contribution is 2.28. The zero-order valence-electron chi connectivity index (χ0n) is 18.7. The first-order chi connectivity index (χ1) is 15.9. The number of hydrogen-bond acceptors (Lipinski definition) is 8. The van der Waals surface area contributed by atoms with Gasteiger partial charge in [-0.25, -0.2) is 4.98 Å². The van der Waals surface area contributed by atoms with Gasteiger partial charge in [0.05, 0.1) is 10.4 Å². The van der Waals surface area contributed by atoms with E-state index in [2.05, 4.69) is 20.6 Å². The van der Waals surface area contributed by atoms with Crippen molar-refractivity contribution in [1.82, 2.24) is 20.3 Å². The maximum Gasteiger partial charge on any atom is 0.273 e. The second-order valence-corrected chi connectivity index (χ2v) is 8.51. The highest BCUT2D eigenvalue weighted by Gasteiger charge is 2.23. The Morgan fingerprint density at radius 1 is 1.15 bits per heavy atom. The molecule has 3 aromatic rings. The molecule has 1 amide bonds. The van der Waals surface area contributed by atoms with Crippen molar-refractivity contribution >= 4 is 34.3 Å². The largest absolute Gasteiger partial charge is 0.362 e. The summed E-state index contributed by atoms with van der Waals surface area (Å²) in [5.74, 6) is 1.47. The average molecular weight is 450 g/mol. The summed E-state index contributed by atoms with van der Waals surface area (Å²) in [6.07, 6.45) is 5.08. The van der Waals surface area contributed by atoms with Gasteiger partial charge in [-0.1, -0.05) is 12.1 Å². The molecule has 0 aliphatic heterocycles. The molecule has 2 heterocycles. The third-order valence-electron chi connectivity index (χ3n) is 5.92. The number of fused-ring (bicyclic) bond motifs is 1. The molecule has 1 aliphatic carbocycles. The van der Waals surface area contributed by atoms with Crippen molar-refractivity contribution in [3.05, 3.63) is 58.4 Å². The molecular weight excluding hydrogens is 422 g/mol. The Morgan fingerprint density at radius 2 is 1.91 bits per heavy atom. The van der Waals surface area contributed by atoms with Crippen molar-refractivity contribution in [2.24, 2.45) is 5.92 Å². The molecule has 1 saturated carbocycles. The lowest BCUT2D eigenvalue weighted by Gasteiger charge is -2.29. The summed E-state index contributed by atoms with van der Waals surface area (Å²) >= 11 is 0. The number of aromatic nitrogens is 3. The van der Waals surface area contributed by atoms with Crippen molar-refractivity contribution in [2.75, 3.05) is 30.9 Å². The Bertz CT molecular complexity index is 1160. The van der Waals surface area contributed by atoms with Crippen LogP contribution in [0.1, 0.15) is 36.2 Å². The lowest BCUT2D eigenvalue weighted by atomic mass is 9.86. The summed E-state index contributed by atoms with van der Waals surface area (Å²) in [6, 6.07) is 10.7. The smallest absolute Gasteiger partial charge is 0.273 e. The van der Waals surface area contributed by atoms with E-state index in [0.717, 1.165) is 42.4 Å². The lowest BCUT2D eigenvalue weighted by molar-refractivity contribution is -0.385. The molecule has 0 unspecified atom stereocenters. The van der Waals surface area contributed by atoms with Crippen LogP contribution in [0.4, 0.5) is 17.5 Å². The number of benzene rings is 1. The number of pyridine rings is 1. The normalized spacial score (nSPS) is 18.0. The summed E-state index contributed by atoms with van der Waals surface area (Å²) in [4.78, 5) is 38.0. The predicted octanol–water partition coefficient (Wildman–Crippen LogP) is 3.40. The molecule has 172 valence electrons. The van der Waals surface area contributed by atoms with Crippen LogP contribution in [0.3, 0.4) is 0 Å². The van der Waals surface area contributed by atoms with Gasteiger partial charge in [0.25, 0.3) is 11.6 Å². The molecule has 0 radical (unpaired) electrons. The van der Waals surface area contributed by atoms with Gasteiger partial charge in [0.15, 0.2) is 0 Å². The van der Waals surface area contributed by atoms with Crippen LogP contribution in [0, 0.1) is 16.0 Å². The maximum absolute atomic E-state index is 12.3. The Labute approximate surface area is 191 Å². The van der Waals surface area contributed by atoms with Crippen molar-refractivity contribution in [2.45, 2.75) is 31.7 Å². The molecule has 0 spiro atoms. The minimum Gasteiger partial charge on any atom is -0.362 e. The topological polar surface area (TPSA) is 126 Å². The van der Waals surface area contributed by atoms with E-state index in [9.17, 15) is 14.9 Å². The van der Waals surface area contributed by atoms with Gasteiger partial charge in [-0.15, -0.1) is 0 Å². The Kier molecular flexibility index (Phi) is 6.62. The lowest BCUT2D eigenvalue weighted by Crippen LogP contribution is -2.34. The Morgan fingerprint density at radius 3 is 2.64 bits per heavy atom. The van der Waals surface area contributed by atoms with Crippen LogP contribution in [0.15, 0.2) is 42.6 Å². The van der Waals surface area contributed by atoms with Gasteiger partial charge in [-0.2, -0.15) is 4.98 Å². The van der Waals surface area contributed by atoms with Crippen LogP contribution in [0.5, 0.6) is 0 Å². The first kappa shape index (κ1) is 22.4. The van der Waals surface area contributed by atoms with E-state index in [-0.39, 0.29) is 23.3 Å². The molecule has 1 aromatic carbocycles. The predicted molar refractivity (Wildman–Crippen MR) is 126 cm³/mol. The Hall–Kier alpha value is -3.82. The van der Waals surface area contributed by atoms with E-state index in [1.807, 2.05) is 43.3 Å². The molecule has 2 N–H and O–H groups in total. The van der Waals surface area contributed by atoms with Gasteiger partial charge < -0.3 is 15.5 Å². The Balaban J connectivity index is 1.31. The molecule has 2 aromatic heterocycles. The number of nitro groups is 1. The van der Waals surface area contributed by atoms with Crippen LogP contribution in [0.25, 0.3) is 10.9 Å². The van der Waals surface area contributed by atoms with Crippen molar-refractivity contribution in [1.29, 1.82) is 0 Å². The SMILES string of the molecule is CN(C)c1nc(N[C@H]2CC[C@@H](CNC(=O)c3cc([N+](=O)[O-])ccn3)CC2)nc2ccccc12. The molecule has 0 atom stereocenters. The number of amides is 1. The zero-order valence-corrected chi connectivity index (χ0v) is 18.7. The molecular formula is C23H27N7O3. The summed E-state index contributed by atoms with van der Waals surface area (Å²) in [5, 5.41) is 18.3. The fourth-order valence-electron chi connectivity index (χ4n) is 4.14. The van der Waals surface area contributed by atoms with Gasteiger partial charge in [0.2, 0.25) is 5.95 Å². The number of rotatable bonds is 7. The highest BCUT2D eigenvalue weighted by atomic mass is 16.6. The molecule has 4 rings (SSSR count). The molecule has 1 fully saturated rings. The summed E-state index contributed by atoms with van der Waals surface area (Å²) in [5.41, 5.74) is 0.824. The van der Waals surface area contributed by atoms with Crippen LogP contribution in [0.2, 0.25) is 0 Å². The third kappa shape index (κ3) is 5.33. The number of carbonyl (C=O) groups excluding carboxylic acids is 1. The first-order valence-corrected chi connectivity index (χ1v) is 11.0. The van der Waals surface area contributed by atoms with E-state index >= 15 is 0 Å². The summed E-state index contributed by atoms with van der Waals surface area (Å²) < 4.78 is 0. The van der Waals surface area contributed by atoms with Gasteiger partial charge in [-0.3, -0.25) is 19.9 Å². The van der Waals surface area contributed by atoms with E-state index in [0.29, 0.717) is 18.4 Å². The zero-order chi connectivity index (χ0) is 23.4. The van der Waals surface area contributed by atoms with Crippen molar-refractivity contribution in [3.8, 4) is 0 Å². The van der Waals surface area contributed by atoms with E-state index < -0.39 is 4.92 Å². The van der Waals surface area contributed by atoms with Crippen LogP contribution < -0.4 is 15.5 Å². The second-order valence-electron chi connectivity index (χ2n) is 8.51. The monoisotopic (exact) mass is 449 g/mol. The number of para-hydroxylation sites is 1. The van der Waals surface area contributed by atoms with Gasteiger partial charge in [-0.05, 0) is 43.7 Å². The van der Waals surface area contributed by atoms with E-state index in [1.54, 1.807) is 0 Å². The standard InChI is InChI=1S/C23H27N7O3/c1-29(2)21-18-5-3-4-6-19(18)27-23(28-21)26-16-9-7-15(8-10-16)14-25-22(31)20-13-17(30(32)33)11-12-24-20/h3-6,11-13,15-16H,7-10,14H2,1-2H3,(H,25,31)(H,26,27,28)/t15-,16+. The number of anilines is 2. The molecule has 33 heavy (non-hydrogen) atoms. The number of nitrogens with zero attached hydrogens (tertiary/aromatic N) is 5. The minimum atomic E-state index is -0.534. The van der Waals surface area contributed by atoms with Crippen LogP contribution in [-0.2, 0) is 0 Å². The van der Waals surface area contributed by atoms with Crippen LogP contribution >= 0.6 is 0 Å². The maximum atomic E-state index is 12.3. The quantitative estimate of drug-likeness (QED) is 0.415. The molecule has 0 saturated heterocycles. The van der Waals surface area contributed by atoms with Crippen molar-refractivity contribution in [3.63, 3.8) is 0 Å². The van der Waals surface area contributed by atoms with Gasteiger partial charge in [0, 0.05) is 50.4 Å². The van der Waals surface area contributed by atoms with Crippen LogP contribution in [-0.4, -0.2) is 52.5 Å². The molecule has 10 heteroatoms. The van der Waals surface area contributed by atoms with Gasteiger partial charge >= 0.3 is 0 Å². The molecule has 10 nitrogen and oxygen atoms in total. The summed E-state index contributed by atoms with van der Waals surface area (Å²) in [7, 11) is 3.95. The molecule has 0 bridgehead atoms. The fraction of sp³-hybridized carbons (Fsp3) is 0.391. The van der Waals surface area contributed by atoms with E-state index in [1.165, 1.54) is 18.3 Å². The average Bonchev–Trinajstić information content (AvgIpc) is 2.83. The minimum absolute atomic E-state index is 0.0599. The second kappa shape index (κ2) is 9.76. The third-order valence-corrected chi connectivity index (χ3v) is 5.92. The number of carbonyl (C=O) groups is 1. The van der Waals surface area contributed by atoms with Gasteiger partial charge in [0.1, 0.15) is 11.5 Å². The highest BCUT2D eigenvalue weighted by molar-refractivity contribution is 5.92.